The molecular weight excluding hydrogens is 516 g/mol. The molecule has 0 bridgehead atoms. The molecule has 0 saturated carbocycles. The quantitative estimate of drug-likeness (QED) is 0.189. The first-order valence-corrected chi connectivity index (χ1v) is 15.2. The maximum atomic E-state index is 2.41. The summed E-state index contributed by atoms with van der Waals surface area (Å²) >= 11 is 0. The van der Waals surface area contributed by atoms with Crippen LogP contribution in [-0.2, 0) is 5.41 Å². The average molecular weight is 547 g/mol. The number of rotatable bonds is 2. The smallest absolute Gasteiger partial charge is 0.0165 e. The molecule has 0 radical (unpaired) electrons. The lowest BCUT2D eigenvalue weighted by Gasteiger charge is -2.26. The van der Waals surface area contributed by atoms with E-state index in [0.29, 0.717) is 0 Å². The minimum absolute atomic E-state index is 0.137. The lowest BCUT2D eigenvalue weighted by atomic mass is 9.76. The van der Waals surface area contributed by atoms with E-state index >= 15 is 0 Å². The zero-order valence-electron chi connectivity index (χ0n) is 24.4. The topological polar surface area (TPSA) is 0 Å². The minimum Gasteiger partial charge on any atom is -0.0616 e. The molecule has 0 heteroatoms. The van der Waals surface area contributed by atoms with Crippen molar-refractivity contribution in [3.63, 3.8) is 0 Å². The van der Waals surface area contributed by atoms with Crippen molar-refractivity contribution >= 4 is 43.1 Å². The Kier molecular flexibility index (Phi) is 5.05. The second-order valence-corrected chi connectivity index (χ2v) is 12.4. The number of hydrogen-bond donors (Lipinski definition) is 0. The molecule has 0 atom stereocenters. The molecule has 8 aromatic carbocycles. The number of fused-ring (bicyclic) bond motifs is 8. The van der Waals surface area contributed by atoms with Crippen LogP contribution in [0.25, 0.3) is 76.5 Å². The predicted octanol–water partition coefficient (Wildman–Crippen LogP) is 11.9. The monoisotopic (exact) mass is 546 g/mol. The summed E-state index contributed by atoms with van der Waals surface area (Å²) < 4.78 is 0. The van der Waals surface area contributed by atoms with Crippen molar-refractivity contribution in [2.45, 2.75) is 19.3 Å². The first-order chi connectivity index (χ1) is 21.1. The standard InChI is InChI=1S/C43H30/c1-43(2)38-26-25-28-14-4-6-17-30(28)41(38)37-24-12-23-36(42(37)43)40-34-20-9-7-18-32(34)39(33-19-8-10-21-35(33)40)31-22-11-15-27-13-3-5-16-29(27)31/h3-26H,1-2H3. The van der Waals surface area contributed by atoms with Crippen LogP contribution in [-0.4, -0.2) is 0 Å². The maximum absolute atomic E-state index is 2.41. The van der Waals surface area contributed by atoms with Crippen LogP contribution in [0.4, 0.5) is 0 Å². The average Bonchev–Trinajstić information content (AvgIpc) is 3.30. The summed E-state index contributed by atoms with van der Waals surface area (Å²) in [6, 6.07) is 54.0. The van der Waals surface area contributed by atoms with Gasteiger partial charge in [0.25, 0.3) is 0 Å². The Bertz CT molecular complexity index is 2360. The van der Waals surface area contributed by atoms with Gasteiger partial charge in [0.15, 0.2) is 0 Å². The Labute approximate surface area is 251 Å². The van der Waals surface area contributed by atoms with Gasteiger partial charge in [-0.25, -0.2) is 0 Å². The molecule has 9 rings (SSSR count). The molecule has 0 aliphatic heterocycles. The van der Waals surface area contributed by atoms with Gasteiger partial charge in [-0.1, -0.05) is 159 Å². The molecule has 0 heterocycles. The fourth-order valence-electron chi connectivity index (χ4n) is 8.01. The van der Waals surface area contributed by atoms with Gasteiger partial charge < -0.3 is 0 Å². The van der Waals surface area contributed by atoms with Crippen LogP contribution in [0.5, 0.6) is 0 Å². The molecule has 1 aliphatic rings. The highest BCUT2D eigenvalue weighted by atomic mass is 14.4. The molecule has 0 N–H and O–H groups in total. The zero-order valence-corrected chi connectivity index (χ0v) is 24.4. The van der Waals surface area contributed by atoms with Crippen molar-refractivity contribution < 1.29 is 0 Å². The molecule has 0 amide bonds. The molecule has 8 aromatic rings. The van der Waals surface area contributed by atoms with E-state index in [1.54, 1.807) is 0 Å². The summed E-state index contributed by atoms with van der Waals surface area (Å²) in [5.74, 6) is 0. The first-order valence-electron chi connectivity index (χ1n) is 15.2. The van der Waals surface area contributed by atoms with Crippen LogP contribution in [0.3, 0.4) is 0 Å². The van der Waals surface area contributed by atoms with Crippen LogP contribution >= 0.6 is 0 Å². The van der Waals surface area contributed by atoms with Gasteiger partial charge in [-0.2, -0.15) is 0 Å². The van der Waals surface area contributed by atoms with Gasteiger partial charge >= 0.3 is 0 Å². The Hall–Kier alpha value is -5.20. The lowest BCUT2D eigenvalue weighted by Crippen LogP contribution is -2.16. The van der Waals surface area contributed by atoms with Crippen molar-refractivity contribution in [2.24, 2.45) is 0 Å². The third-order valence-corrected chi connectivity index (χ3v) is 9.82. The van der Waals surface area contributed by atoms with Gasteiger partial charge in [-0.15, -0.1) is 0 Å². The highest BCUT2D eigenvalue weighted by molar-refractivity contribution is 6.24. The van der Waals surface area contributed by atoms with Gasteiger partial charge in [0.1, 0.15) is 0 Å². The summed E-state index contributed by atoms with van der Waals surface area (Å²) in [5.41, 5.74) is 10.7. The number of benzene rings is 8. The molecule has 1 aliphatic carbocycles. The summed E-state index contributed by atoms with van der Waals surface area (Å²) in [5, 5.41) is 10.4. The fraction of sp³-hybridized carbons (Fsp3) is 0.0698. The van der Waals surface area contributed by atoms with E-state index in [-0.39, 0.29) is 5.41 Å². The van der Waals surface area contributed by atoms with E-state index in [1.165, 1.54) is 87.6 Å². The van der Waals surface area contributed by atoms with E-state index in [9.17, 15) is 0 Å². The van der Waals surface area contributed by atoms with Gasteiger partial charge in [0.05, 0.1) is 0 Å². The van der Waals surface area contributed by atoms with Crippen molar-refractivity contribution in [1.29, 1.82) is 0 Å². The van der Waals surface area contributed by atoms with E-state index < -0.39 is 0 Å². The van der Waals surface area contributed by atoms with Crippen molar-refractivity contribution in [1.82, 2.24) is 0 Å². The molecule has 0 saturated heterocycles. The van der Waals surface area contributed by atoms with E-state index in [1.807, 2.05) is 0 Å². The second-order valence-electron chi connectivity index (χ2n) is 12.4. The molecule has 0 spiro atoms. The van der Waals surface area contributed by atoms with Crippen LogP contribution in [0.1, 0.15) is 25.0 Å². The minimum atomic E-state index is -0.137. The van der Waals surface area contributed by atoms with Gasteiger partial charge in [-0.3, -0.25) is 0 Å². The third kappa shape index (κ3) is 3.32. The van der Waals surface area contributed by atoms with E-state index in [4.69, 9.17) is 0 Å². The third-order valence-electron chi connectivity index (χ3n) is 9.82. The van der Waals surface area contributed by atoms with Crippen molar-refractivity contribution in [3.05, 3.63) is 157 Å². The molecular formula is C43H30. The fourth-order valence-corrected chi connectivity index (χ4v) is 8.01. The Balaban J connectivity index is 1.43. The SMILES string of the molecule is CC1(C)c2ccc3ccccc3c2-c2cccc(-c3c4ccccc4c(-c4cccc5ccccc45)c4ccccc34)c21. The largest absolute Gasteiger partial charge is 0.0616 e. The highest BCUT2D eigenvalue weighted by Crippen LogP contribution is 2.56. The zero-order chi connectivity index (χ0) is 28.7. The predicted molar refractivity (Wildman–Crippen MR) is 185 cm³/mol. The maximum Gasteiger partial charge on any atom is 0.0165 e. The van der Waals surface area contributed by atoms with Gasteiger partial charge in [0.2, 0.25) is 0 Å². The Morgan fingerprint density at radius 3 is 1.37 bits per heavy atom. The summed E-state index contributed by atoms with van der Waals surface area (Å²) in [6.45, 7) is 4.82. The normalized spacial score (nSPS) is 13.5. The van der Waals surface area contributed by atoms with Crippen LogP contribution in [0.15, 0.2) is 146 Å². The van der Waals surface area contributed by atoms with Crippen molar-refractivity contribution in [2.75, 3.05) is 0 Å². The van der Waals surface area contributed by atoms with E-state index in [0.717, 1.165) is 0 Å². The summed E-state index contributed by atoms with van der Waals surface area (Å²) in [4.78, 5) is 0. The summed E-state index contributed by atoms with van der Waals surface area (Å²) in [6.07, 6.45) is 0. The second kappa shape index (κ2) is 8.90. The van der Waals surface area contributed by atoms with Gasteiger partial charge in [0, 0.05) is 5.41 Å². The molecule has 0 fully saturated rings. The van der Waals surface area contributed by atoms with Crippen LogP contribution in [0.2, 0.25) is 0 Å². The highest BCUT2D eigenvalue weighted by Gasteiger charge is 2.39. The Morgan fingerprint density at radius 2 is 0.744 bits per heavy atom. The molecule has 0 unspecified atom stereocenters. The molecule has 0 aromatic heterocycles. The Morgan fingerprint density at radius 1 is 0.326 bits per heavy atom. The summed E-state index contributed by atoms with van der Waals surface area (Å²) in [7, 11) is 0. The van der Waals surface area contributed by atoms with E-state index in [2.05, 4.69) is 159 Å². The van der Waals surface area contributed by atoms with Crippen molar-refractivity contribution in [3.8, 4) is 33.4 Å². The lowest BCUT2D eigenvalue weighted by molar-refractivity contribution is 0.663. The molecule has 0 nitrogen and oxygen atoms in total. The molecule has 43 heavy (non-hydrogen) atoms. The first kappa shape index (κ1) is 24.4. The molecule has 202 valence electrons. The van der Waals surface area contributed by atoms with Crippen LogP contribution < -0.4 is 0 Å². The number of hydrogen-bond acceptors (Lipinski definition) is 0. The van der Waals surface area contributed by atoms with Gasteiger partial charge in [-0.05, 0) is 87.6 Å². The van der Waals surface area contributed by atoms with Crippen LogP contribution in [0, 0.1) is 0 Å².